The average molecular weight is 470 g/mol. The molecule has 0 atom stereocenters. The molecular formula is C31H25N2OSi+. The molecule has 6 rings (SSSR count). The number of para-hydroxylation sites is 2. The van der Waals surface area contributed by atoms with E-state index in [-0.39, 0.29) is 0 Å². The molecule has 168 valence electrons. The lowest BCUT2D eigenvalue weighted by molar-refractivity contribution is -0.544. The first-order valence-corrected chi connectivity index (χ1v) is 13.8. The molecule has 0 saturated carbocycles. The van der Waals surface area contributed by atoms with Crippen LogP contribution in [0.5, 0.6) is 5.75 Å². The van der Waals surface area contributed by atoms with Crippen LogP contribution in [0.2, 0.25) is 0 Å². The summed E-state index contributed by atoms with van der Waals surface area (Å²) in [6.45, 7) is 0.372. The smallest absolute Gasteiger partial charge is 0.317 e. The Morgan fingerprint density at radius 3 is 1.54 bits per heavy atom. The predicted octanol–water partition coefficient (Wildman–Crippen LogP) is 4.84. The van der Waals surface area contributed by atoms with Gasteiger partial charge in [-0.25, -0.2) is 0 Å². The van der Waals surface area contributed by atoms with Crippen molar-refractivity contribution in [3.8, 4) is 5.75 Å². The number of nitrogens with zero attached hydrogens (tertiary/aromatic N) is 2. The number of benzene rings is 5. The van der Waals surface area contributed by atoms with E-state index < -0.39 is 8.07 Å². The fourth-order valence-electron chi connectivity index (χ4n) is 5.10. The molecule has 4 heteroatoms. The van der Waals surface area contributed by atoms with E-state index in [0.29, 0.717) is 6.73 Å². The summed E-state index contributed by atoms with van der Waals surface area (Å²) in [6.07, 6.45) is 0. The van der Waals surface area contributed by atoms with Gasteiger partial charge in [0.1, 0.15) is 0 Å². The highest BCUT2D eigenvalue weighted by atomic mass is 28.3. The Bertz CT molecular complexity index is 1370. The van der Waals surface area contributed by atoms with Crippen LogP contribution in [-0.2, 0) is 0 Å². The molecule has 0 aliphatic carbocycles. The largest absolute Gasteiger partial charge is 0.431 e. The number of hydrogen-bond donors (Lipinski definition) is 0. The third kappa shape index (κ3) is 3.68. The Hall–Kier alpha value is -4.28. The molecule has 0 aromatic heterocycles. The summed E-state index contributed by atoms with van der Waals surface area (Å²) >= 11 is 0. The molecule has 0 spiro atoms. The minimum atomic E-state index is -2.68. The maximum atomic E-state index is 6.56. The van der Waals surface area contributed by atoms with Gasteiger partial charge in [0.05, 0.1) is 0 Å². The van der Waals surface area contributed by atoms with Gasteiger partial charge >= 0.3 is 6.73 Å². The van der Waals surface area contributed by atoms with Crippen LogP contribution in [0.1, 0.15) is 0 Å². The molecular weight excluding hydrogens is 444 g/mol. The third-order valence-electron chi connectivity index (χ3n) is 6.63. The summed E-state index contributed by atoms with van der Waals surface area (Å²) in [4.78, 5) is 0. The van der Waals surface area contributed by atoms with Crippen LogP contribution >= 0.6 is 0 Å². The van der Waals surface area contributed by atoms with Gasteiger partial charge in [0.25, 0.3) is 0 Å². The molecule has 0 fully saturated rings. The Balaban J connectivity index is 1.66. The van der Waals surface area contributed by atoms with Gasteiger partial charge in [-0.05, 0) is 31.5 Å². The first-order valence-electron chi connectivity index (χ1n) is 11.8. The van der Waals surface area contributed by atoms with Crippen molar-refractivity contribution in [3.05, 3.63) is 140 Å². The fraction of sp³-hybridized carbons (Fsp3) is 0.0323. The second-order valence-corrected chi connectivity index (χ2v) is 12.4. The zero-order chi connectivity index (χ0) is 23.5. The van der Waals surface area contributed by atoms with Crippen LogP contribution in [0.4, 0.5) is 11.4 Å². The molecule has 1 aliphatic heterocycles. The Labute approximate surface area is 206 Å². The lowest BCUT2D eigenvalue weighted by Gasteiger charge is -2.35. The van der Waals surface area contributed by atoms with E-state index in [1.807, 2.05) is 29.0 Å². The zero-order valence-electron chi connectivity index (χ0n) is 19.3. The van der Waals surface area contributed by atoms with Gasteiger partial charge in [0.2, 0.25) is 5.69 Å². The lowest BCUT2D eigenvalue weighted by Crippen LogP contribution is -2.75. The van der Waals surface area contributed by atoms with Crippen molar-refractivity contribution in [1.29, 1.82) is 0 Å². The van der Waals surface area contributed by atoms with Crippen molar-refractivity contribution in [1.82, 2.24) is 0 Å². The highest BCUT2D eigenvalue weighted by Crippen LogP contribution is 2.32. The van der Waals surface area contributed by atoms with Gasteiger partial charge in [-0.15, -0.1) is 0 Å². The average Bonchev–Trinajstić information content (AvgIpc) is 2.95. The summed E-state index contributed by atoms with van der Waals surface area (Å²) in [5.41, 5.74) is 1.87. The molecule has 0 saturated heterocycles. The third-order valence-corrected chi connectivity index (χ3v) is 11.4. The summed E-state index contributed by atoms with van der Waals surface area (Å²) in [5, 5.41) is 10.2. The van der Waals surface area contributed by atoms with Gasteiger partial charge in [-0.2, -0.15) is 0 Å². The maximum Gasteiger partial charge on any atom is 0.317 e. The maximum absolute atomic E-state index is 6.56. The molecule has 5 aromatic rings. The van der Waals surface area contributed by atoms with Crippen molar-refractivity contribution in [2.75, 3.05) is 6.73 Å². The number of hydrogen-bond acceptors (Lipinski definition) is 2. The van der Waals surface area contributed by atoms with Crippen LogP contribution in [0, 0.1) is 0 Å². The van der Waals surface area contributed by atoms with E-state index in [1.165, 1.54) is 20.7 Å². The van der Waals surface area contributed by atoms with Gasteiger partial charge in [-0.3, -0.25) is 0 Å². The van der Waals surface area contributed by atoms with Crippen molar-refractivity contribution >= 4 is 40.2 Å². The lowest BCUT2D eigenvalue weighted by atomic mass is 10.3. The second-order valence-electron chi connectivity index (χ2n) is 8.61. The van der Waals surface area contributed by atoms with Gasteiger partial charge in [0.15, 0.2) is 19.5 Å². The van der Waals surface area contributed by atoms with E-state index in [4.69, 9.17) is 9.85 Å². The molecule has 3 nitrogen and oxygen atoms in total. The quantitative estimate of drug-likeness (QED) is 0.205. The Morgan fingerprint density at radius 2 is 1.03 bits per heavy atom. The van der Waals surface area contributed by atoms with Crippen LogP contribution in [-0.4, -0.2) is 19.5 Å². The minimum absolute atomic E-state index is 0.372. The van der Waals surface area contributed by atoms with Crippen molar-refractivity contribution in [2.24, 2.45) is 5.11 Å². The molecule has 1 heterocycles. The van der Waals surface area contributed by atoms with Crippen LogP contribution in [0.3, 0.4) is 0 Å². The molecule has 0 radical (unpaired) electrons. The summed E-state index contributed by atoms with van der Waals surface area (Å²) in [7, 11) is -2.68. The number of azo groups is 2. The highest BCUT2D eigenvalue weighted by molar-refractivity contribution is 7.20. The molecule has 0 amide bonds. The van der Waals surface area contributed by atoms with E-state index >= 15 is 0 Å². The van der Waals surface area contributed by atoms with Crippen LogP contribution in [0.25, 0.3) is 0 Å². The molecule has 1 aliphatic rings. The first kappa shape index (κ1) is 21.3. The number of ether oxygens (including phenoxy) is 1. The topological polar surface area (TPSA) is 24.6 Å². The standard InChI is InChI=1S/C31H25N2OSi/c1-5-14-25(15-6-1)33-24-34-31-29(32-33)22-13-23-30(31)35(26-16-7-2-8-17-26,27-18-9-3-10-19-27)28-20-11-4-12-21-28/h1-23H,24H2/q+1. The molecule has 0 N–H and O–H groups in total. The monoisotopic (exact) mass is 469 g/mol. The highest BCUT2D eigenvalue weighted by Gasteiger charge is 2.44. The molecule has 5 aromatic carbocycles. The van der Waals surface area contributed by atoms with Crippen LogP contribution < -0.4 is 25.5 Å². The van der Waals surface area contributed by atoms with E-state index in [0.717, 1.165) is 17.1 Å². The van der Waals surface area contributed by atoms with Gasteiger partial charge < -0.3 is 4.74 Å². The van der Waals surface area contributed by atoms with Gasteiger partial charge in [-0.1, -0.05) is 121 Å². The number of fused-ring (bicyclic) bond motifs is 1. The zero-order valence-corrected chi connectivity index (χ0v) is 20.3. The second kappa shape index (κ2) is 9.16. The molecule has 0 bridgehead atoms. The van der Waals surface area contributed by atoms with Gasteiger partial charge in [0, 0.05) is 17.2 Å². The van der Waals surface area contributed by atoms with Crippen molar-refractivity contribution in [2.45, 2.75) is 0 Å². The van der Waals surface area contributed by atoms with Crippen LogP contribution in [0.15, 0.2) is 145 Å². The SMILES string of the molecule is c1ccc([N+]2=Nc3cccc([Si](c4ccccc4)(c4ccccc4)c4ccccc4)c3OC2)cc1. The van der Waals surface area contributed by atoms with E-state index in [9.17, 15) is 0 Å². The Morgan fingerprint density at radius 1 is 0.543 bits per heavy atom. The van der Waals surface area contributed by atoms with E-state index in [2.05, 4.69) is 115 Å². The summed E-state index contributed by atoms with van der Waals surface area (Å²) < 4.78 is 8.48. The fourth-order valence-corrected chi connectivity index (χ4v) is 10.00. The molecule has 0 unspecified atom stereocenters. The minimum Gasteiger partial charge on any atom is -0.431 e. The number of rotatable bonds is 5. The summed E-state index contributed by atoms with van der Waals surface area (Å²) in [5.74, 6) is 0.878. The van der Waals surface area contributed by atoms with Crippen molar-refractivity contribution < 1.29 is 9.43 Å². The van der Waals surface area contributed by atoms with Crippen molar-refractivity contribution in [3.63, 3.8) is 0 Å². The predicted molar refractivity (Wildman–Crippen MR) is 144 cm³/mol. The Kier molecular flexibility index (Phi) is 5.57. The first-order chi connectivity index (χ1) is 17.4. The summed E-state index contributed by atoms with van der Waals surface area (Å²) in [6, 6.07) is 49.3. The van der Waals surface area contributed by atoms with E-state index in [1.54, 1.807) is 0 Å². The molecule has 35 heavy (non-hydrogen) atoms. The normalized spacial score (nSPS) is 12.9.